The molecule has 2 fully saturated rings. The Morgan fingerprint density at radius 3 is 2.80 bits per heavy atom. The lowest BCUT2D eigenvalue weighted by molar-refractivity contribution is 0.0486. The van der Waals surface area contributed by atoms with Crippen molar-refractivity contribution in [2.24, 2.45) is 0 Å². The Hall–Kier alpha value is -0.740. The molecular formula is C20H27Cl2N3. The monoisotopic (exact) mass is 379 g/mol. The van der Waals surface area contributed by atoms with Gasteiger partial charge in [-0.3, -0.25) is 4.90 Å². The molecule has 2 aromatic rings. The molecule has 1 atom stereocenters. The van der Waals surface area contributed by atoms with Gasteiger partial charge in [0.05, 0.1) is 10.5 Å². The third-order valence-corrected chi connectivity index (χ3v) is 6.33. The van der Waals surface area contributed by atoms with Crippen molar-refractivity contribution in [3.8, 4) is 0 Å². The standard InChI is InChI=1S/C20H27Cl2N3/c21-17-13-16-6-10-25(20(16)19(22)14-17)9-4-3-7-23-11-12-24-8-2-1-5-18(24)15-23/h6,10,13-14,18H,1-5,7-9,11-12,15H2. The molecule has 25 heavy (non-hydrogen) atoms. The zero-order chi connectivity index (χ0) is 17.2. The number of halogens is 2. The zero-order valence-corrected chi connectivity index (χ0v) is 16.3. The summed E-state index contributed by atoms with van der Waals surface area (Å²) < 4.78 is 2.27. The third kappa shape index (κ3) is 4.00. The molecule has 5 heteroatoms. The molecule has 4 rings (SSSR count). The number of hydrogen-bond acceptors (Lipinski definition) is 2. The molecule has 1 aromatic heterocycles. The molecule has 3 heterocycles. The first-order chi connectivity index (χ1) is 12.2. The van der Waals surface area contributed by atoms with Crippen molar-refractivity contribution in [2.45, 2.75) is 44.7 Å². The van der Waals surface area contributed by atoms with Crippen LogP contribution < -0.4 is 0 Å². The average molecular weight is 380 g/mol. The van der Waals surface area contributed by atoms with Gasteiger partial charge in [-0.05, 0) is 57.0 Å². The second kappa shape index (κ2) is 7.87. The highest BCUT2D eigenvalue weighted by atomic mass is 35.5. The first-order valence-corrected chi connectivity index (χ1v) is 10.4. The van der Waals surface area contributed by atoms with Gasteiger partial charge in [0.25, 0.3) is 0 Å². The Morgan fingerprint density at radius 2 is 1.88 bits per heavy atom. The Labute approximate surface area is 160 Å². The van der Waals surface area contributed by atoms with Crippen molar-refractivity contribution < 1.29 is 0 Å². The predicted octanol–water partition coefficient (Wildman–Crippen LogP) is 4.90. The van der Waals surface area contributed by atoms with E-state index in [1.807, 2.05) is 12.1 Å². The predicted molar refractivity (Wildman–Crippen MR) is 107 cm³/mol. The maximum absolute atomic E-state index is 6.39. The van der Waals surface area contributed by atoms with Crippen LogP contribution in [0.5, 0.6) is 0 Å². The molecule has 2 aliphatic heterocycles. The molecule has 2 aliphatic rings. The van der Waals surface area contributed by atoms with Crippen LogP contribution in [0, 0.1) is 0 Å². The van der Waals surface area contributed by atoms with E-state index in [1.165, 1.54) is 64.8 Å². The molecule has 2 saturated heterocycles. The summed E-state index contributed by atoms with van der Waals surface area (Å²) in [7, 11) is 0. The number of nitrogens with zero attached hydrogens (tertiary/aromatic N) is 3. The molecule has 0 amide bonds. The van der Waals surface area contributed by atoms with E-state index < -0.39 is 0 Å². The van der Waals surface area contributed by atoms with E-state index in [0.717, 1.165) is 28.5 Å². The van der Waals surface area contributed by atoms with Crippen molar-refractivity contribution in [1.29, 1.82) is 0 Å². The SMILES string of the molecule is Clc1cc(Cl)c2c(ccn2CCCCN2CCN3CCCCC3C2)c1. The zero-order valence-electron chi connectivity index (χ0n) is 14.8. The van der Waals surface area contributed by atoms with Gasteiger partial charge in [-0.1, -0.05) is 29.6 Å². The average Bonchev–Trinajstić information content (AvgIpc) is 3.01. The number of hydrogen-bond donors (Lipinski definition) is 0. The molecule has 136 valence electrons. The Morgan fingerprint density at radius 1 is 1.00 bits per heavy atom. The summed E-state index contributed by atoms with van der Waals surface area (Å²) in [5.41, 5.74) is 1.11. The fourth-order valence-electron chi connectivity index (χ4n) is 4.49. The lowest BCUT2D eigenvalue weighted by atomic mass is 9.99. The number of aromatic nitrogens is 1. The number of piperidine rings is 1. The molecule has 0 spiro atoms. The van der Waals surface area contributed by atoms with Gasteiger partial charge in [0.1, 0.15) is 0 Å². The van der Waals surface area contributed by atoms with Gasteiger partial charge in [0.2, 0.25) is 0 Å². The molecule has 0 N–H and O–H groups in total. The summed E-state index contributed by atoms with van der Waals surface area (Å²) in [6.07, 6.45) is 8.78. The molecule has 1 unspecified atom stereocenters. The minimum Gasteiger partial charge on any atom is -0.346 e. The van der Waals surface area contributed by atoms with E-state index in [2.05, 4.69) is 26.6 Å². The highest BCUT2D eigenvalue weighted by molar-refractivity contribution is 6.38. The van der Waals surface area contributed by atoms with Gasteiger partial charge in [-0.15, -0.1) is 0 Å². The van der Waals surface area contributed by atoms with Gasteiger partial charge in [0, 0.05) is 48.8 Å². The second-order valence-electron chi connectivity index (χ2n) is 7.53. The summed E-state index contributed by atoms with van der Waals surface area (Å²) >= 11 is 12.5. The number of piperazine rings is 1. The van der Waals surface area contributed by atoms with Crippen LogP contribution in [0.3, 0.4) is 0 Å². The van der Waals surface area contributed by atoms with Crippen LogP contribution in [0.15, 0.2) is 24.4 Å². The molecule has 1 aromatic carbocycles. The molecular weight excluding hydrogens is 353 g/mol. The summed E-state index contributed by atoms with van der Waals surface area (Å²) in [6, 6.07) is 6.75. The summed E-state index contributed by atoms with van der Waals surface area (Å²) in [5.74, 6) is 0. The number of benzene rings is 1. The third-order valence-electron chi connectivity index (χ3n) is 5.82. The first kappa shape index (κ1) is 17.7. The van der Waals surface area contributed by atoms with E-state index in [0.29, 0.717) is 5.02 Å². The maximum Gasteiger partial charge on any atom is 0.0670 e. The summed E-state index contributed by atoms with van der Waals surface area (Å²) in [4.78, 5) is 5.38. The Bertz CT molecular complexity index is 727. The van der Waals surface area contributed by atoms with Crippen LogP contribution in [0.25, 0.3) is 10.9 Å². The van der Waals surface area contributed by atoms with Crippen molar-refractivity contribution >= 4 is 34.1 Å². The number of unbranched alkanes of at least 4 members (excludes halogenated alkanes) is 1. The van der Waals surface area contributed by atoms with Crippen molar-refractivity contribution in [3.63, 3.8) is 0 Å². The largest absolute Gasteiger partial charge is 0.346 e. The molecule has 0 aliphatic carbocycles. The van der Waals surface area contributed by atoms with E-state index in [1.54, 1.807) is 0 Å². The van der Waals surface area contributed by atoms with Crippen LogP contribution in [0.4, 0.5) is 0 Å². The van der Waals surface area contributed by atoms with E-state index in [9.17, 15) is 0 Å². The van der Waals surface area contributed by atoms with E-state index in [-0.39, 0.29) is 0 Å². The highest BCUT2D eigenvalue weighted by Crippen LogP contribution is 2.29. The second-order valence-corrected chi connectivity index (χ2v) is 8.37. The Kier molecular flexibility index (Phi) is 5.56. The van der Waals surface area contributed by atoms with Crippen LogP contribution >= 0.6 is 23.2 Å². The van der Waals surface area contributed by atoms with Crippen LogP contribution in [-0.2, 0) is 6.54 Å². The molecule has 0 bridgehead atoms. The van der Waals surface area contributed by atoms with Gasteiger partial charge in [-0.25, -0.2) is 0 Å². The van der Waals surface area contributed by atoms with Gasteiger partial charge < -0.3 is 9.47 Å². The van der Waals surface area contributed by atoms with E-state index in [4.69, 9.17) is 23.2 Å². The minimum atomic E-state index is 0.706. The van der Waals surface area contributed by atoms with Crippen molar-refractivity contribution in [1.82, 2.24) is 14.4 Å². The number of fused-ring (bicyclic) bond motifs is 2. The quantitative estimate of drug-likeness (QED) is 0.684. The number of rotatable bonds is 5. The van der Waals surface area contributed by atoms with Gasteiger partial charge in [-0.2, -0.15) is 0 Å². The molecule has 3 nitrogen and oxygen atoms in total. The molecule has 0 saturated carbocycles. The minimum absolute atomic E-state index is 0.706. The fraction of sp³-hybridized carbons (Fsp3) is 0.600. The number of aryl methyl sites for hydroxylation is 1. The van der Waals surface area contributed by atoms with Gasteiger partial charge in [0.15, 0.2) is 0 Å². The maximum atomic E-state index is 6.39. The highest BCUT2D eigenvalue weighted by Gasteiger charge is 2.28. The van der Waals surface area contributed by atoms with Crippen LogP contribution in [0.1, 0.15) is 32.1 Å². The summed E-state index contributed by atoms with van der Waals surface area (Å²) in [6.45, 7) is 7.36. The van der Waals surface area contributed by atoms with Crippen LogP contribution in [-0.4, -0.2) is 53.1 Å². The van der Waals surface area contributed by atoms with Gasteiger partial charge >= 0.3 is 0 Å². The lowest BCUT2D eigenvalue weighted by Crippen LogP contribution is -2.54. The Balaban J connectivity index is 1.27. The first-order valence-electron chi connectivity index (χ1n) is 9.61. The van der Waals surface area contributed by atoms with Crippen molar-refractivity contribution in [2.75, 3.05) is 32.7 Å². The molecule has 0 radical (unpaired) electrons. The van der Waals surface area contributed by atoms with Crippen LogP contribution in [0.2, 0.25) is 10.0 Å². The lowest BCUT2D eigenvalue weighted by Gasteiger charge is -2.44. The van der Waals surface area contributed by atoms with E-state index >= 15 is 0 Å². The van der Waals surface area contributed by atoms with Crippen molar-refractivity contribution in [3.05, 3.63) is 34.4 Å². The summed E-state index contributed by atoms with van der Waals surface area (Å²) in [5, 5.41) is 2.59. The fourth-order valence-corrected chi connectivity index (χ4v) is 5.11. The topological polar surface area (TPSA) is 11.4 Å². The normalized spacial score (nSPS) is 22.4. The smallest absolute Gasteiger partial charge is 0.0670 e.